The van der Waals surface area contributed by atoms with Gasteiger partial charge in [0.05, 0.1) is 10.8 Å². The van der Waals surface area contributed by atoms with Crippen molar-refractivity contribution < 1.29 is 13.2 Å². The standard InChI is InChI=1S/C13H18N2O3S/c1-4-8(2)15-19(17,18)10-5-6-12-11(7-10)9(3)13(16)14-12/h5-9,15H,4H2,1-3H3,(H,14,16)/t8-,9+/m1/s1. The minimum Gasteiger partial charge on any atom is -0.325 e. The van der Waals surface area contributed by atoms with E-state index in [9.17, 15) is 13.2 Å². The van der Waals surface area contributed by atoms with Crippen molar-refractivity contribution in [2.75, 3.05) is 5.32 Å². The Morgan fingerprint density at radius 2 is 2.11 bits per heavy atom. The summed E-state index contributed by atoms with van der Waals surface area (Å²) in [6.07, 6.45) is 0.723. The Labute approximate surface area is 113 Å². The van der Waals surface area contributed by atoms with Crippen molar-refractivity contribution in [3.63, 3.8) is 0 Å². The van der Waals surface area contributed by atoms with Crippen LogP contribution in [0, 0.1) is 0 Å². The maximum atomic E-state index is 12.2. The molecule has 0 saturated heterocycles. The van der Waals surface area contributed by atoms with E-state index in [1.165, 1.54) is 6.07 Å². The van der Waals surface area contributed by atoms with Gasteiger partial charge in [0, 0.05) is 11.7 Å². The van der Waals surface area contributed by atoms with Crippen molar-refractivity contribution in [2.45, 2.75) is 44.0 Å². The molecule has 2 rings (SSSR count). The summed E-state index contributed by atoms with van der Waals surface area (Å²) in [6.45, 7) is 5.50. The summed E-state index contributed by atoms with van der Waals surface area (Å²) >= 11 is 0. The molecule has 104 valence electrons. The number of rotatable bonds is 4. The number of amides is 1. The zero-order valence-electron chi connectivity index (χ0n) is 11.2. The lowest BCUT2D eigenvalue weighted by molar-refractivity contribution is -0.116. The fraction of sp³-hybridized carbons (Fsp3) is 0.462. The van der Waals surface area contributed by atoms with E-state index in [2.05, 4.69) is 10.0 Å². The number of carbonyl (C=O) groups is 1. The molecule has 1 heterocycles. The quantitative estimate of drug-likeness (QED) is 0.884. The predicted octanol–water partition coefficient (Wildman–Crippen LogP) is 1.82. The van der Waals surface area contributed by atoms with E-state index in [1.54, 1.807) is 19.1 Å². The second kappa shape index (κ2) is 4.94. The van der Waals surface area contributed by atoms with E-state index < -0.39 is 10.0 Å². The molecule has 1 aromatic rings. The van der Waals surface area contributed by atoms with Crippen LogP contribution in [0.15, 0.2) is 23.1 Å². The summed E-state index contributed by atoms with van der Waals surface area (Å²) in [7, 11) is -3.52. The van der Waals surface area contributed by atoms with Crippen LogP contribution in [-0.4, -0.2) is 20.4 Å². The van der Waals surface area contributed by atoms with Gasteiger partial charge in [-0.25, -0.2) is 13.1 Å². The summed E-state index contributed by atoms with van der Waals surface area (Å²) in [6, 6.07) is 4.61. The number of benzene rings is 1. The minimum atomic E-state index is -3.52. The summed E-state index contributed by atoms with van der Waals surface area (Å²) in [4.78, 5) is 11.7. The molecule has 0 aromatic heterocycles. The largest absolute Gasteiger partial charge is 0.325 e. The second-order valence-corrected chi connectivity index (χ2v) is 6.60. The van der Waals surface area contributed by atoms with Crippen LogP contribution in [0.2, 0.25) is 0 Å². The van der Waals surface area contributed by atoms with Crippen molar-refractivity contribution in [2.24, 2.45) is 0 Å². The van der Waals surface area contributed by atoms with Gasteiger partial charge in [-0.3, -0.25) is 4.79 Å². The normalized spacial score (nSPS) is 19.9. The summed E-state index contributed by atoms with van der Waals surface area (Å²) < 4.78 is 27.0. The molecule has 1 aliphatic heterocycles. The van der Waals surface area contributed by atoms with E-state index in [0.29, 0.717) is 5.69 Å². The Morgan fingerprint density at radius 3 is 2.74 bits per heavy atom. The molecule has 0 spiro atoms. The molecule has 0 fully saturated rings. The molecule has 0 bridgehead atoms. The number of fused-ring (bicyclic) bond motifs is 1. The van der Waals surface area contributed by atoms with Crippen molar-refractivity contribution in [3.05, 3.63) is 23.8 Å². The van der Waals surface area contributed by atoms with Crippen LogP contribution in [0.1, 0.15) is 38.7 Å². The predicted molar refractivity (Wildman–Crippen MR) is 73.6 cm³/mol. The van der Waals surface area contributed by atoms with Gasteiger partial charge in [-0.15, -0.1) is 0 Å². The van der Waals surface area contributed by atoms with Gasteiger partial charge in [-0.2, -0.15) is 0 Å². The minimum absolute atomic E-state index is 0.0977. The topological polar surface area (TPSA) is 75.3 Å². The zero-order valence-corrected chi connectivity index (χ0v) is 12.0. The van der Waals surface area contributed by atoms with E-state index in [-0.39, 0.29) is 22.8 Å². The number of hydrogen-bond donors (Lipinski definition) is 2. The van der Waals surface area contributed by atoms with E-state index >= 15 is 0 Å². The Kier molecular flexibility index (Phi) is 3.64. The van der Waals surface area contributed by atoms with Crippen LogP contribution in [0.3, 0.4) is 0 Å². The van der Waals surface area contributed by atoms with Crippen LogP contribution < -0.4 is 10.0 Å². The van der Waals surface area contributed by atoms with Crippen molar-refractivity contribution in [1.82, 2.24) is 4.72 Å². The lowest BCUT2D eigenvalue weighted by atomic mass is 10.0. The summed E-state index contributed by atoms with van der Waals surface area (Å²) in [5, 5.41) is 2.72. The van der Waals surface area contributed by atoms with E-state index in [0.717, 1.165) is 12.0 Å². The highest BCUT2D eigenvalue weighted by Crippen LogP contribution is 2.33. The average Bonchev–Trinajstić information content (AvgIpc) is 2.64. The van der Waals surface area contributed by atoms with Crippen LogP contribution >= 0.6 is 0 Å². The number of hydrogen-bond acceptors (Lipinski definition) is 3. The smallest absolute Gasteiger partial charge is 0.240 e. The fourth-order valence-electron chi connectivity index (χ4n) is 1.98. The molecule has 0 unspecified atom stereocenters. The Bertz CT molecular complexity index is 610. The number of nitrogens with one attached hydrogen (secondary N) is 2. The molecule has 2 atom stereocenters. The average molecular weight is 282 g/mol. The molecule has 0 radical (unpaired) electrons. The Morgan fingerprint density at radius 1 is 1.42 bits per heavy atom. The zero-order chi connectivity index (χ0) is 14.2. The highest BCUT2D eigenvalue weighted by Gasteiger charge is 2.28. The maximum Gasteiger partial charge on any atom is 0.240 e. The molecule has 0 aliphatic carbocycles. The van der Waals surface area contributed by atoms with E-state index in [1.807, 2.05) is 13.8 Å². The van der Waals surface area contributed by atoms with Gasteiger partial charge >= 0.3 is 0 Å². The first-order chi connectivity index (χ1) is 8.85. The van der Waals surface area contributed by atoms with Crippen LogP contribution in [-0.2, 0) is 14.8 Å². The van der Waals surface area contributed by atoms with Gasteiger partial charge in [0.2, 0.25) is 15.9 Å². The first-order valence-corrected chi connectivity index (χ1v) is 7.80. The summed E-state index contributed by atoms with van der Waals surface area (Å²) in [5.41, 5.74) is 1.43. The van der Waals surface area contributed by atoms with E-state index in [4.69, 9.17) is 0 Å². The Balaban J connectivity index is 2.36. The molecule has 6 heteroatoms. The first-order valence-electron chi connectivity index (χ1n) is 6.32. The molecule has 1 amide bonds. The summed E-state index contributed by atoms with van der Waals surface area (Å²) in [5.74, 6) is -0.409. The molecule has 2 N–H and O–H groups in total. The second-order valence-electron chi connectivity index (χ2n) is 4.89. The van der Waals surface area contributed by atoms with Crippen molar-refractivity contribution >= 4 is 21.6 Å². The SMILES string of the molecule is CC[C@@H](C)NS(=O)(=O)c1ccc2c(c1)[C@H](C)C(=O)N2. The number of sulfonamides is 1. The number of carbonyl (C=O) groups excluding carboxylic acids is 1. The van der Waals surface area contributed by atoms with Crippen molar-refractivity contribution in [3.8, 4) is 0 Å². The third-order valence-electron chi connectivity index (χ3n) is 3.42. The number of anilines is 1. The molecule has 1 aromatic carbocycles. The molecule has 0 saturated carbocycles. The lowest BCUT2D eigenvalue weighted by Gasteiger charge is -2.13. The highest BCUT2D eigenvalue weighted by atomic mass is 32.2. The van der Waals surface area contributed by atoms with Gasteiger partial charge in [0.1, 0.15) is 0 Å². The van der Waals surface area contributed by atoms with Gasteiger partial charge in [0.15, 0.2) is 0 Å². The molecular weight excluding hydrogens is 264 g/mol. The van der Waals surface area contributed by atoms with Gasteiger partial charge < -0.3 is 5.32 Å². The maximum absolute atomic E-state index is 12.2. The molecular formula is C13H18N2O3S. The van der Waals surface area contributed by atoms with Crippen LogP contribution in [0.5, 0.6) is 0 Å². The molecule has 5 nitrogen and oxygen atoms in total. The third kappa shape index (κ3) is 2.64. The lowest BCUT2D eigenvalue weighted by Crippen LogP contribution is -2.32. The van der Waals surface area contributed by atoms with Crippen LogP contribution in [0.4, 0.5) is 5.69 Å². The van der Waals surface area contributed by atoms with Gasteiger partial charge in [-0.05, 0) is 44.0 Å². The Hall–Kier alpha value is -1.40. The van der Waals surface area contributed by atoms with Crippen LogP contribution in [0.25, 0.3) is 0 Å². The monoisotopic (exact) mass is 282 g/mol. The van der Waals surface area contributed by atoms with Gasteiger partial charge in [-0.1, -0.05) is 6.92 Å². The third-order valence-corrected chi connectivity index (χ3v) is 5.01. The van der Waals surface area contributed by atoms with Gasteiger partial charge in [0.25, 0.3) is 0 Å². The highest BCUT2D eigenvalue weighted by molar-refractivity contribution is 7.89. The van der Waals surface area contributed by atoms with Crippen molar-refractivity contribution in [1.29, 1.82) is 0 Å². The fourth-order valence-corrected chi connectivity index (χ4v) is 3.34. The molecule has 19 heavy (non-hydrogen) atoms. The molecule has 1 aliphatic rings. The first kappa shape index (κ1) is 14.0.